The first-order chi connectivity index (χ1) is 15.7. The van der Waals surface area contributed by atoms with Gasteiger partial charge in [-0.1, -0.05) is 42.5 Å². The maximum Gasteiger partial charge on any atom is 0.253 e. The number of ether oxygens (including phenoxy) is 1. The number of hydrogen-bond acceptors (Lipinski definition) is 3. The van der Waals surface area contributed by atoms with Crippen molar-refractivity contribution >= 4 is 16.7 Å². The summed E-state index contributed by atoms with van der Waals surface area (Å²) in [5.41, 5.74) is 2.10. The van der Waals surface area contributed by atoms with Gasteiger partial charge in [-0.05, 0) is 79.3 Å². The molecule has 4 nitrogen and oxygen atoms in total. The highest BCUT2D eigenvalue weighted by atomic mass is 16.5. The van der Waals surface area contributed by atoms with Gasteiger partial charge >= 0.3 is 0 Å². The maximum absolute atomic E-state index is 13.2. The third-order valence-electron chi connectivity index (χ3n) is 6.60. The molecule has 3 aromatic carbocycles. The van der Waals surface area contributed by atoms with E-state index in [4.69, 9.17) is 4.74 Å². The minimum Gasteiger partial charge on any atom is -0.497 e. The normalized spacial score (nSPS) is 16.8. The zero-order valence-electron chi connectivity index (χ0n) is 19.3. The molecule has 0 aliphatic carbocycles. The Bertz CT molecular complexity index is 1050. The number of hydrogen-bond donors (Lipinski definition) is 0. The standard InChI is InChI=1S/C28H34N2O2/c1-3-30(28(31)26-14-13-24-10-4-5-11-25(24)19-26)21-23-9-7-16-29(20-23)17-15-22-8-6-12-27(18-22)32-2/h4-6,8,10-14,18-19,23H,3,7,9,15-17,20-21H2,1-2H3. The molecule has 1 aliphatic rings. The fourth-order valence-corrected chi connectivity index (χ4v) is 4.79. The van der Waals surface area contributed by atoms with E-state index in [1.807, 2.05) is 35.2 Å². The van der Waals surface area contributed by atoms with Crippen LogP contribution in [0.4, 0.5) is 0 Å². The van der Waals surface area contributed by atoms with E-state index in [2.05, 4.69) is 48.2 Å². The third-order valence-corrected chi connectivity index (χ3v) is 6.60. The Balaban J connectivity index is 1.35. The van der Waals surface area contributed by atoms with Crippen molar-refractivity contribution in [3.8, 4) is 5.75 Å². The molecule has 1 amide bonds. The molecule has 4 heteroatoms. The van der Waals surface area contributed by atoms with Gasteiger partial charge in [0.25, 0.3) is 5.91 Å². The molecule has 1 fully saturated rings. The van der Waals surface area contributed by atoms with Crippen LogP contribution in [0.3, 0.4) is 0 Å². The first kappa shape index (κ1) is 22.3. The molecule has 168 valence electrons. The summed E-state index contributed by atoms with van der Waals surface area (Å²) in [6.07, 6.45) is 3.42. The highest BCUT2D eigenvalue weighted by Crippen LogP contribution is 2.21. The largest absolute Gasteiger partial charge is 0.497 e. The Kier molecular flexibility index (Phi) is 7.43. The summed E-state index contributed by atoms with van der Waals surface area (Å²) in [4.78, 5) is 17.8. The molecule has 0 radical (unpaired) electrons. The highest BCUT2D eigenvalue weighted by Gasteiger charge is 2.24. The molecule has 32 heavy (non-hydrogen) atoms. The minimum atomic E-state index is 0.145. The predicted octanol–water partition coefficient (Wildman–Crippen LogP) is 5.27. The quantitative estimate of drug-likeness (QED) is 0.488. The second kappa shape index (κ2) is 10.6. The molecule has 3 aromatic rings. The maximum atomic E-state index is 13.2. The predicted molar refractivity (Wildman–Crippen MR) is 131 cm³/mol. The number of fused-ring (bicyclic) bond motifs is 1. The SMILES string of the molecule is CCN(CC1CCCN(CCc2cccc(OC)c2)C1)C(=O)c1ccc2ccccc2c1. The van der Waals surface area contributed by atoms with Gasteiger partial charge in [0.2, 0.25) is 0 Å². The average molecular weight is 431 g/mol. The topological polar surface area (TPSA) is 32.8 Å². The summed E-state index contributed by atoms with van der Waals surface area (Å²) < 4.78 is 5.35. The number of methoxy groups -OCH3 is 1. The molecule has 0 aromatic heterocycles. The number of piperidine rings is 1. The van der Waals surface area contributed by atoms with Crippen molar-refractivity contribution in [2.75, 3.05) is 39.8 Å². The molecule has 0 bridgehead atoms. The van der Waals surface area contributed by atoms with Crippen LogP contribution >= 0.6 is 0 Å². The first-order valence-electron chi connectivity index (χ1n) is 11.8. The lowest BCUT2D eigenvalue weighted by molar-refractivity contribution is 0.0691. The van der Waals surface area contributed by atoms with Gasteiger partial charge in [0.1, 0.15) is 5.75 Å². The van der Waals surface area contributed by atoms with Crippen LogP contribution in [-0.2, 0) is 6.42 Å². The Morgan fingerprint density at radius 1 is 1.06 bits per heavy atom. The summed E-state index contributed by atoms with van der Waals surface area (Å²) >= 11 is 0. The van der Waals surface area contributed by atoms with Crippen LogP contribution in [0.25, 0.3) is 10.8 Å². The second-order valence-corrected chi connectivity index (χ2v) is 8.82. The van der Waals surface area contributed by atoms with Gasteiger partial charge in [-0.2, -0.15) is 0 Å². The van der Waals surface area contributed by atoms with Gasteiger partial charge in [-0.3, -0.25) is 4.79 Å². The van der Waals surface area contributed by atoms with Gasteiger partial charge in [0, 0.05) is 31.7 Å². The van der Waals surface area contributed by atoms with Crippen LogP contribution in [0.2, 0.25) is 0 Å². The molecule has 4 rings (SSSR count). The van der Waals surface area contributed by atoms with Crippen molar-refractivity contribution in [2.45, 2.75) is 26.2 Å². The zero-order chi connectivity index (χ0) is 22.3. The van der Waals surface area contributed by atoms with Crippen molar-refractivity contribution in [3.63, 3.8) is 0 Å². The van der Waals surface area contributed by atoms with E-state index in [1.54, 1.807) is 7.11 Å². The average Bonchev–Trinajstić information content (AvgIpc) is 2.85. The van der Waals surface area contributed by atoms with Crippen molar-refractivity contribution in [3.05, 3.63) is 77.9 Å². The van der Waals surface area contributed by atoms with E-state index in [0.29, 0.717) is 5.92 Å². The molecule has 0 spiro atoms. The Morgan fingerprint density at radius 3 is 2.72 bits per heavy atom. The lowest BCUT2D eigenvalue weighted by Crippen LogP contribution is -2.43. The van der Waals surface area contributed by atoms with E-state index < -0.39 is 0 Å². The number of carbonyl (C=O) groups is 1. The summed E-state index contributed by atoms with van der Waals surface area (Å²) in [6.45, 7) is 6.91. The van der Waals surface area contributed by atoms with Gasteiger partial charge < -0.3 is 14.5 Å². The summed E-state index contributed by atoms with van der Waals surface area (Å²) in [7, 11) is 1.72. The van der Waals surface area contributed by atoms with Crippen molar-refractivity contribution in [1.82, 2.24) is 9.80 Å². The van der Waals surface area contributed by atoms with Gasteiger partial charge in [0.15, 0.2) is 0 Å². The molecule has 0 saturated carbocycles. The molecular formula is C28H34N2O2. The molecular weight excluding hydrogens is 396 g/mol. The number of rotatable bonds is 8. The Labute approximate surface area is 191 Å². The molecule has 1 aliphatic heterocycles. The minimum absolute atomic E-state index is 0.145. The fraction of sp³-hybridized carbons (Fsp3) is 0.393. The van der Waals surface area contributed by atoms with Crippen LogP contribution in [0.5, 0.6) is 5.75 Å². The van der Waals surface area contributed by atoms with Crippen LogP contribution in [0.1, 0.15) is 35.7 Å². The third kappa shape index (κ3) is 5.49. The van der Waals surface area contributed by atoms with Gasteiger partial charge in [-0.25, -0.2) is 0 Å². The molecule has 1 unspecified atom stereocenters. The smallest absolute Gasteiger partial charge is 0.253 e. The molecule has 1 atom stereocenters. The lowest BCUT2D eigenvalue weighted by Gasteiger charge is -2.35. The monoisotopic (exact) mass is 430 g/mol. The highest BCUT2D eigenvalue weighted by molar-refractivity contribution is 5.98. The van der Waals surface area contributed by atoms with Crippen molar-refractivity contribution < 1.29 is 9.53 Å². The van der Waals surface area contributed by atoms with Crippen LogP contribution < -0.4 is 4.74 Å². The van der Waals surface area contributed by atoms with Crippen LogP contribution in [-0.4, -0.2) is 55.5 Å². The van der Waals surface area contributed by atoms with E-state index in [-0.39, 0.29) is 5.91 Å². The molecule has 1 saturated heterocycles. The number of carbonyl (C=O) groups excluding carboxylic acids is 1. The molecule has 1 heterocycles. The van der Waals surface area contributed by atoms with Crippen LogP contribution in [0.15, 0.2) is 66.7 Å². The zero-order valence-corrected chi connectivity index (χ0v) is 19.3. The number of benzene rings is 3. The Hall–Kier alpha value is -2.85. The summed E-state index contributed by atoms with van der Waals surface area (Å²) in [5.74, 6) is 1.59. The van der Waals surface area contributed by atoms with Gasteiger partial charge in [-0.15, -0.1) is 0 Å². The number of amides is 1. The van der Waals surface area contributed by atoms with E-state index in [1.165, 1.54) is 23.8 Å². The summed E-state index contributed by atoms with van der Waals surface area (Å²) in [5, 5.41) is 2.29. The number of nitrogens with zero attached hydrogens (tertiary/aromatic N) is 2. The summed E-state index contributed by atoms with van der Waals surface area (Å²) in [6, 6.07) is 22.6. The van der Waals surface area contributed by atoms with Crippen molar-refractivity contribution in [1.29, 1.82) is 0 Å². The van der Waals surface area contributed by atoms with E-state index in [9.17, 15) is 4.79 Å². The Morgan fingerprint density at radius 2 is 1.91 bits per heavy atom. The lowest BCUT2D eigenvalue weighted by atomic mass is 9.96. The van der Waals surface area contributed by atoms with Gasteiger partial charge in [0.05, 0.1) is 7.11 Å². The first-order valence-corrected chi connectivity index (χ1v) is 11.8. The second-order valence-electron chi connectivity index (χ2n) is 8.82. The molecule has 0 N–H and O–H groups in total. The van der Waals surface area contributed by atoms with E-state index in [0.717, 1.165) is 55.8 Å². The number of likely N-dealkylation sites (tertiary alicyclic amines) is 1. The van der Waals surface area contributed by atoms with Crippen LogP contribution in [0, 0.1) is 5.92 Å². The fourth-order valence-electron chi connectivity index (χ4n) is 4.79. The van der Waals surface area contributed by atoms with E-state index >= 15 is 0 Å². The van der Waals surface area contributed by atoms with Crippen molar-refractivity contribution in [2.24, 2.45) is 5.92 Å².